The fraction of sp³-hybridized carbons (Fsp3) is 0.0789. The van der Waals surface area contributed by atoms with Crippen LogP contribution in [0.4, 0.5) is 23.0 Å². The van der Waals surface area contributed by atoms with Gasteiger partial charge in [-0.2, -0.15) is 74.3 Å². The fourth-order valence-corrected chi connectivity index (χ4v) is 15.7. The Kier molecular flexibility index (Phi) is 13.6. The van der Waals surface area contributed by atoms with E-state index in [-0.39, 0.29) is 42.1 Å². The van der Waals surface area contributed by atoms with Crippen LogP contribution in [0.5, 0.6) is 0 Å². The Hall–Kier alpha value is -11.1. The third-order valence-electron chi connectivity index (χ3n) is 19.4. The van der Waals surface area contributed by atoms with Gasteiger partial charge in [0.1, 0.15) is 17.2 Å². The number of aromatic nitrogens is 14. The maximum absolute atomic E-state index is 5.10. The van der Waals surface area contributed by atoms with Crippen LogP contribution in [0, 0.1) is 25.5 Å². The van der Waals surface area contributed by atoms with Crippen LogP contribution in [0.2, 0.25) is 0 Å². The molecule has 468 valence electrons. The summed E-state index contributed by atoms with van der Waals surface area (Å²) in [6, 6.07) is 64.9. The third kappa shape index (κ3) is 7.70. The average Bonchev–Trinajstić information content (AvgIpc) is 1.59. The van der Waals surface area contributed by atoms with Crippen LogP contribution in [0.1, 0.15) is 79.2 Å². The number of nitrogens with zero attached hydrogens (tertiary/aromatic N) is 18. The number of rotatable bonds is 8. The molecule has 0 N–H and O–H groups in total. The first-order valence-corrected chi connectivity index (χ1v) is 30.7. The van der Waals surface area contributed by atoms with Crippen molar-refractivity contribution in [3.05, 3.63) is 349 Å². The summed E-state index contributed by atoms with van der Waals surface area (Å²) < 4.78 is 0. The van der Waals surface area contributed by atoms with Crippen LogP contribution < -0.4 is 29.8 Å². The van der Waals surface area contributed by atoms with Crippen molar-refractivity contribution >= 4 is 23.0 Å². The van der Waals surface area contributed by atoms with Gasteiger partial charge in [0.15, 0.2) is 0 Å². The Labute approximate surface area is 580 Å². The molecule has 12 aromatic heterocycles. The molecule has 0 atom stereocenters. The van der Waals surface area contributed by atoms with Crippen molar-refractivity contribution in [1.29, 1.82) is 0 Å². The zero-order chi connectivity index (χ0) is 62.3. The Morgan fingerprint density at radius 3 is 1.07 bits per heavy atom. The standard InChI is InChI=1S/2C38H24N9.2Pt/c1-46-23-47(36-30(46)14-7-20-43-36)38(34-28(12-5-18-41-34)29-13-6-19-42-35(29)38)25-9-2-8-24(22-25)37(31-15-21-44-45-31)32-26(10-3-16-39-32)27-11-4-17-40-33(27)37;1-46-23-47(36-30(46)11-6-21-43-36)38(34-28(9-4-19-41-34)29-10-5-20-42-35(29)38)25-14-12-24(13-15-25)37(31-16-22-44-45-31)32-26(7-2-17-39-32)27-8-3-18-40-33(27)37;;/h2-21,23H,1H3;2-12,14-23H,1H3;;/q2*-3;;. The molecule has 0 spiro atoms. The van der Waals surface area contributed by atoms with Crippen LogP contribution in [0.3, 0.4) is 0 Å². The van der Waals surface area contributed by atoms with E-state index in [1.807, 2.05) is 149 Å². The minimum atomic E-state index is -1.01. The van der Waals surface area contributed by atoms with E-state index in [1.165, 1.54) is 0 Å². The Bertz CT molecular complexity index is 5170. The van der Waals surface area contributed by atoms with Crippen molar-refractivity contribution in [2.24, 2.45) is 0 Å². The molecule has 0 fully saturated rings. The topological polar surface area (TPSA) is 196 Å². The summed E-state index contributed by atoms with van der Waals surface area (Å²) in [7, 11) is 4.07. The van der Waals surface area contributed by atoms with Crippen molar-refractivity contribution in [2.45, 2.75) is 21.9 Å². The van der Waals surface area contributed by atoms with Crippen molar-refractivity contribution in [2.75, 3.05) is 33.7 Å². The number of anilines is 4. The van der Waals surface area contributed by atoms with Crippen molar-refractivity contribution in [1.82, 2.24) is 70.2 Å². The second-order valence-electron chi connectivity index (χ2n) is 23.8. The summed E-state index contributed by atoms with van der Waals surface area (Å²) in [6.45, 7) is 4.17. The molecule has 0 bridgehead atoms. The number of benzene rings is 2. The second-order valence-corrected chi connectivity index (χ2v) is 23.8. The Morgan fingerprint density at radius 1 is 0.344 bits per heavy atom. The summed E-state index contributed by atoms with van der Waals surface area (Å²) in [5.74, 6) is 1.63. The van der Waals surface area contributed by atoms with E-state index in [4.69, 9.17) is 49.8 Å². The first kappa shape index (κ1) is 58.7. The first-order valence-electron chi connectivity index (χ1n) is 30.7. The summed E-state index contributed by atoms with van der Waals surface area (Å²) in [6.07, 6.45) is 21.8. The molecule has 6 aliphatic rings. The van der Waals surface area contributed by atoms with E-state index in [2.05, 4.69) is 163 Å². The Morgan fingerprint density at radius 2 is 0.688 bits per heavy atom. The number of hydrogen-bond donors (Lipinski definition) is 0. The van der Waals surface area contributed by atoms with Gasteiger partial charge < -0.3 is 40.0 Å². The normalized spacial score (nSPS) is 15.6. The molecule has 0 saturated heterocycles. The van der Waals surface area contributed by atoms with Gasteiger partial charge in [-0.1, -0.05) is 60.7 Å². The molecule has 18 nitrogen and oxygen atoms in total. The van der Waals surface area contributed by atoms with E-state index >= 15 is 0 Å². The zero-order valence-electron chi connectivity index (χ0n) is 50.9. The van der Waals surface area contributed by atoms with Gasteiger partial charge >= 0.3 is 0 Å². The van der Waals surface area contributed by atoms with Crippen LogP contribution in [0.25, 0.3) is 44.5 Å². The zero-order valence-corrected chi connectivity index (χ0v) is 55.5. The van der Waals surface area contributed by atoms with E-state index < -0.39 is 21.9 Å². The van der Waals surface area contributed by atoms with Gasteiger partial charge in [-0.3, -0.25) is 39.9 Å². The van der Waals surface area contributed by atoms with E-state index in [1.54, 1.807) is 12.4 Å². The van der Waals surface area contributed by atoms with Crippen molar-refractivity contribution in [3.8, 4) is 44.5 Å². The minimum absolute atomic E-state index is 0. The van der Waals surface area contributed by atoms with Gasteiger partial charge in [-0.05, 0) is 86.9 Å². The largest absolute Gasteiger partial charge is 0.581 e. The molecule has 0 amide bonds. The summed E-state index contributed by atoms with van der Waals surface area (Å²) in [5, 5.41) is 17.8. The first-order chi connectivity index (χ1) is 46.5. The molecule has 20 heteroatoms. The smallest absolute Gasteiger partial charge is 0.122 e. The summed E-state index contributed by atoms with van der Waals surface area (Å²) >= 11 is 0. The molecule has 14 heterocycles. The van der Waals surface area contributed by atoms with Crippen LogP contribution in [0.15, 0.2) is 244 Å². The average molecular weight is 1600 g/mol. The van der Waals surface area contributed by atoms with Crippen molar-refractivity contribution < 1.29 is 42.1 Å². The van der Waals surface area contributed by atoms with Gasteiger partial charge in [0, 0.05) is 171 Å². The fourth-order valence-electron chi connectivity index (χ4n) is 15.7. The maximum atomic E-state index is 5.10. The predicted molar refractivity (Wildman–Crippen MR) is 352 cm³/mol. The molecule has 0 unspecified atom stereocenters. The maximum Gasteiger partial charge on any atom is 0.122 e. The number of fused-ring (bicyclic) bond motifs is 14. The van der Waals surface area contributed by atoms with Gasteiger partial charge in [0.25, 0.3) is 0 Å². The Balaban J connectivity index is 0.000000142. The molecular formula is C76H48N18Pt2-6. The van der Waals surface area contributed by atoms with Crippen LogP contribution in [-0.2, 0) is 64.0 Å². The molecule has 14 aromatic rings. The van der Waals surface area contributed by atoms with Crippen molar-refractivity contribution in [3.63, 3.8) is 0 Å². The molecule has 2 aliphatic heterocycles. The minimum Gasteiger partial charge on any atom is -0.581 e. The quantitative estimate of drug-likeness (QED) is 0.130. The van der Waals surface area contributed by atoms with Gasteiger partial charge in [-0.15, -0.1) is 22.3 Å². The molecule has 20 rings (SSSR count). The molecule has 4 aliphatic carbocycles. The molecule has 96 heavy (non-hydrogen) atoms. The van der Waals surface area contributed by atoms with E-state index in [0.717, 1.165) is 147 Å². The number of hydrogen-bond acceptors (Lipinski definition) is 16. The molecule has 2 aromatic carbocycles. The molecule has 0 radical (unpaired) electrons. The van der Waals surface area contributed by atoms with Gasteiger partial charge in [0.05, 0.1) is 61.9 Å². The monoisotopic (exact) mass is 1600 g/mol. The third-order valence-corrected chi connectivity index (χ3v) is 19.4. The summed E-state index contributed by atoms with van der Waals surface area (Å²) in [4.78, 5) is 58.6. The van der Waals surface area contributed by atoms with Crippen LogP contribution in [-0.4, -0.2) is 74.1 Å². The SMILES string of the molecule is CN1[CH-]N(C2(c3[c-]c(C4(c5cc[n-]n5)c5ncccc5-c5cccnc54)ccc3)c3ncccc3-c3cccnc32)c2ncccc21.CN1[CH-]N(C2(c3c[c-]c(C4(c5cc[n-]n5)c5ncccc5-c5cccnc54)cc3)c3ncccc3-c3cccnc32)c2ncccc21.[Pt].[Pt]. The second kappa shape index (κ2) is 22.3. The van der Waals surface area contributed by atoms with Gasteiger partial charge in [-0.25, -0.2) is 9.97 Å². The van der Waals surface area contributed by atoms with Crippen LogP contribution >= 0.6 is 0 Å². The molecular weight excluding hydrogens is 1560 g/mol. The van der Waals surface area contributed by atoms with E-state index in [0.29, 0.717) is 0 Å². The number of pyridine rings is 10. The summed E-state index contributed by atoms with van der Waals surface area (Å²) in [5.41, 5.74) is 18.3. The molecule has 0 saturated carbocycles. The predicted octanol–water partition coefficient (Wildman–Crippen LogP) is 11.0. The van der Waals surface area contributed by atoms with Gasteiger partial charge in [0.2, 0.25) is 0 Å². The van der Waals surface area contributed by atoms with E-state index in [9.17, 15) is 0 Å².